The summed E-state index contributed by atoms with van der Waals surface area (Å²) in [5.41, 5.74) is 0. The maximum atomic E-state index is 11.9. The smallest absolute Gasteiger partial charge is 0.321 e. The first-order chi connectivity index (χ1) is 10.1. The molecule has 1 aromatic rings. The van der Waals surface area contributed by atoms with E-state index < -0.39 is 0 Å². The van der Waals surface area contributed by atoms with Crippen LogP contribution in [-0.2, 0) is 10.5 Å². The van der Waals surface area contributed by atoms with Gasteiger partial charge in [-0.1, -0.05) is 19.3 Å². The van der Waals surface area contributed by atoms with E-state index >= 15 is 0 Å². The van der Waals surface area contributed by atoms with Crippen LogP contribution < -0.4 is 10.6 Å². The lowest BCUT2D eigenvalue weighted by Gasteiger charge is -2.23. The number of urea groups is 1. The molecule has 1 heterocycles. The standard InChI is InChI=1S/C15H22N2O3S/c1-11(21-10-13-8-5-9-20-13)14(18)17-15(19)16-12-6-3-2-4-7-12/h5,8-9,11-12H,2-4,6-7,10H2,1H3,(H2,16,17,18,19). The summed E-state index contributed by atoms with van der Waals surface area (Å²) in [6, 6.07) is 3.51. The molecule has 1 atom stereocenters. The van der Waals surface area contributed by atoms with Gasteiger partial charge in [0.1, 0.15) is 5.76 Å². The van der Waals surface area contributed by atoms with Crippen LogP contribution in [0, 0.1) is 0 Å². The van der Waals surface area contributed by atoms with Crippen LogP contribution in [-0.4, -0.2) is 23.2 Å². The van der Waals surface area contributed by atoms with E-state index in [0.29, 0.717) is 5.75 Å². The summed E-state index contributed by atoms with van der Waals surface area (Å²) >= 11 is 1.44. The molecule has 116 valence electrons. The highest BCUT2D eigenvalue weighted by Crippen LogP contribution is 2.19. The van der Waals surface area contributed by atoms with Crippen LogP contribution >= 0.6 is 11.8 Å². The van der Waals surface area contributed by atoms with Crippen LogP contribution in [0.1, 0.15) is 44.8 Å². The molecule has 1 aliphatic carbocycles. The summed E-state index contributed by atoms with van der Waals surface area (Å²) in [7, 11) is 0. The molecule has 1 unspecified atom stereocenters. The van der Waals surface area contributed by atoms with Crippen molar-refractivity contribution in [3.63, 3.8) is 0 Å². The normalized spacial score (nSPS) is 17.2. The van der Waals surface area contributed by atoms with Crippen molar-refractivity contribution in [1.82, 2.24) is 10.6 Å². The minimum absolute atomic E-state index is 0.206. The highest BCUT2D eigenvalue weighted by molar-refractivity contribution is 7.99. The molecule has 0 radical (unpaired) electrons. The second-order valence-corrected chi connectivity index (χ2v) is 6.66. The van der Waals surface area contributed by atoms with Crippen LogP contribution in [0.4, 0.5) is 4.79 Å². The fourth-order valence-corrected chi connectivity index (χ4v) is 3.15. The lowest BCUT2D eigenvalue weighted by Crippen LogP contribution is -2.47. The van der Waals surface area contributed by atoms with Gasteiger partial charge in [0.05, 0.1) is 17.3 Å². The number of carbonyl (C=O) groups excluding carboxylic acids is 2. The van der Waals surface area contributed by atoms with Crippen molar-refractivity contribution in [2.24, 2.45) is 0 Å². The highest BCUT2D eigenvalue weighted by atomic mass is 32.2. The van der Waals surface area contributed by atoms with E-state index in [1.807, 2.05) is 12.1 Å². The molecule has 3 amide bonds. The van der Waals surface area contributed by atoms with E-state index in [4.69, 9.17) is 4.42 Å². The SMILES string of the molecule is CC(SCc1ccco1)C(=O)NC(=O)NC1CCCCC1. The van der Waals surface area contributed by atoms with E-state index in [-0.39, 0.29) is 23.2 Å². The summed E-state index contributed by atoms with van der Waals surface area (Å²) < 4.78 is 5.21. The van der Waals surface area contributed by atoms with Crippen molar-refractivity contribution in [2.75, 3.05) is 0 Å². The lowest BCUT2D eigenvalue weighted by atomic mass is 9.96. The molecule has 0 aromatic carbocycles. The second kappa shape index (κ2) is 8.12. The molecule has 0 saturated heterocycles. The van der Waals surface area contributed by atoms with Crippen molar-refractivity contribution in [1.29, 1.82) is 0 Å². The number of rotatable bonds is 5. The predicted octanol–water partition coefficient (Wildman–Crippen LogP) is 3.06. The van der Waals surface area contributed by atoms with Crippen molar-refractivity contribution >= 4 is 23.7 Å². The Kier molecular flexibility index (Phi) is 6.17. The van der Waals surface area contributed by atoms with Gasteiger partial charge in [-0.3, -0.25) is 10.1 Å². The Morgan fingerprint density at radius 1 is 1.38 bits per heavy atom. The number of thioether (sulfide) groups is 1. The predicted molar refractivity (Wildman–Crippen MR) is 83.0 cm³/mol. The Morgan fingerprint density at radius 2 is 2.14 bits per heavy atom. The number of carbonyl (C=O) groups is 2. The van der Waals surface area contributed by atoms with Gasteiger partial charge in [0.15, 0.2) is 0 Å². The number of imide groups is 1. The van der Waals surface area contributed by atoms with Crippen LogP contribution in [0.3, 0.4) is 0 Å². The van der Waals surface area contributed by atoms with Crippen molar-refractivity contribution < 1.29 is 14.0 Å². The third-order valence-corrected chi connectivity index (χ3v) is 4.77. The first kappa shape index (κ1) is 15.9. The Balaban J connectivity index is 1.68. The Labute approximate surface area is 129 Å². The topological polar surface area (TPSA) is 71.3 Å². The fraction of sp³-hybridized carbons (Fsp3) is 0.600. The number of amides is 3. The maximum absolute atomic E-state index is 11.9. The van der Waals surface area contributed by atoms with Gasteiger partial charge in [-0.05, 0) is 31.9 Å². The van der Waals surface area contributed by atoms with Gasteiger partial charge in [-0.25, -0.2) is 4.79 Å². The van der Waals surface area contributed by atoms with E-state index in [9.17, 15) is 9.59 Å². The minimum Gasteiger partial charge on any atom is -0.468 e. The zero-order chi connectivity index (χ0) is 15.1. The first-order valence-electron chi connectivity index (χ1n) is 7.40. The van der Waals surface area contributed by atoms with Crippen molar-refractivity contribution in [2.45, 2.75) is 56.1 Å². The molecular formula is C15H22N2O3S. The number of furan rings is 1. The summed E-state index contributed by atoms with van der Waals surface area (Å²) in [6.07, 6.45) is 7.15. The molecule has 0 bridgehead atoms. The van der Waals surface area contributed by atoms with Gasteiger partial charge >= 0.3 is 6.03 Å². The number of hydrogen-bond donors (Lipinski definition) is 2. The van der Waals surface area contributed by atoms with Gasteiger partial charge in [0.2, 0.25) is 5.91 Å². The van der Waals surface area contributed by atoms with Crippen LogP contribution in [0.15, 0.2) is 22.8 Å². The number of hydrogen-bond acceptors (Lipinski definition) is 4. The highest BCUT2D eigenvalue weighted by Gasteiger charge is 2.20. The van der Waals surface area contributed by atoms with Gasteiger partial charge < -0.3 is 9.73 Å². The zero-order valence-corrected chi connectivity index (χ0v) is 13.1. The Hall–Kier alpha value is -1.43. The van der Waals surface area contributed by atoms with Gasteiger partial charge in [0.25, 0.3) is 0 Å². The van der Waals surface area contributed by atoms with Gasteiger partial charge in [0, 0.05) is 6.04 Å². The number of nitrogens with one attached hydrogen (secondary N) is 2. The van der Waals surface area contributed by atoms with E-state index in [1.54, 1.807) is 13.2 Å². The first-order valence-corrected chi connectivity index (χ1v) is 8.45. The average Bonchev–Trinajstić information content (AvgIpc) is 2.98. The molecule has 2 N–H and O–H groups in total. The molecule has 0 aliphatic heterocycles. The largest absolute Gasteiger partial charge is 0.468 e. The summed E-state index contributed by atoms with van der Waals surface area (Å²) in [6.45, 7) is 1.79. The summed E-state index contributed by atoms with van der Waals surface area (Å²) in [5, 5.41) is 4.99. The van der Waals surface area contributed by atoms with Crippen molar-refractivity contribution in [3.05, 3.63) is 24.2 Å². The van der Waals surface area contributed by atoms with Crippen LogP contribution in [0.25, 0.3) is 0 Å². The van der Waals surface area contributed by atoms with E-state index in [0.717, 1.165) is 31.4 Å². The minimum atomic E-state index is -0.377. The lowest BCUT2D eigenvalue weighted by molar-refractivity contribution is -0.119. The van der Waals surface area contributed by atoms with Crippen LogP contribution in [0.2, 0.25) is 0 Å². The quantitative estimate of drug-likeness (QED) is 0.877. The molecular weight excluding hydrogens is 288 g/mol. The van der Waals surface area contributed by atoms with Gasteiger partial charge in [-0.15, -0.1) is 11.8 Å². The maximum Gasteiger partial charge on any atom is 0.321 e. The summed E-state index contributed by atoms with van der Waals surface area (Å²) in [4.78, 5) is 23.7. The molecule has 1 aromatic heterocycles. The van der Waals surface area contributed by atoms with Gasteiger partial charge in [-0.2, -0.15) is 0 Å². The summed E-state index contributed by atoms with van der Waals surface area (Å²) in [5.74, 6) is 1.18. The molecule has 1 fully saturated rings. The second-order valence-electron chi connectivity index (χ2n) is 5.33. The molecule has 5 nitrogen and oxygen atoms in total. The molecule has 6 heteroatoms. The van der Waals surface area contributed by atoms with Crippen LogP contribution in [0.5, 0.6) is 0 Å². The molecule has 1 aliphatic rings. The Bertz CT molecular complexity index is 455. The molecule has 21 heavy (non-hydrogen) atoms. The third kappa shape index (κ3) is 5.46. The fourth-order valence-electron chi connectivity index (χ4n) is 2.36. The molecule has 0 spiro atoms. The molecule has 2 rings (SSSR count). The third-order valence-electron chi connectivity index (χ3n) is 3.60. The average molecular weight is 310 g/mol. The monoisotopic (exact) mass is 310 g/mol. The van der Waals surface area contributed by atoms with E-state index in [1.165, 1.54) is 18.2 Å². The van der Waals surface area contributed by atoms with E-state index in [2.05, 4.69) is 10.6 Å². The van der Waals surface area contributed by atoms with Crippen molar-refractivity contribution in [3.8, 4) is 0 Å². The Morgan fingerprint density at radius 3 is 2.81 bits per heavy atom. The molecule has 1 saturated carbocycles. The zero-order valence-electron chi connectivity index (χ0n) is 12.3.